The third-order valence-corrected chi connectivity index (χ3v) is 4.00. The monoisotopic (exact) mass is 371 g/mol. The largest absolute Gasteiger partial charge is 0.411 e. The predicted molar refractivity (Wildman–Crippen MR) is 78.4 cm³/mol. The molecule has 1 aromatic rings. The van der Waals surface area contributed by atoms with E-state index in [-0.39, 0.29) is 12.6 Å². The Morgan fingerprint density at radius 2 is 2.05 bits per heavy atom. The Kier molecular flexibility index (Phi) is 7.15. The van der Waals surface area contributed by atoms with Crippen LogP contribution >= 0.6 is 15.9 Å². The minimum atomic E-state index is -4.29. The normalized spacial score (nSPS) is 13.7. The zero-order valence-electron chi connectivity index (χ0n) is 12.4. The fraction of sp³-hybridized carbons (Fsp3) is 0.769. The van der Waals surface area contributed by atoms with Crippen LogP contribution in [0.3, 0.4) is 0 Å². The maximum atomic E-state index is 12.1. The Bertz CT molecular complexity index is 449. The third kappa shape index (κ3) is 5.96. The zero-order valence-corrected chi connectivity index (χ0v) is 14.0. The molecule has 0 fully saturated rings. The second-order valence-electron chi connectivity index (χ2n) is 4.75. The molecule has 1 rings (SSSR count). The molecule has 1 N–H and O–H groups in total. The van der Waals surface area contributed by atoms with Crippen molar-refractivity contribution in [3.05, 3.63) is 15.9 Å². The highest BCUT2D eigenvalue weighted by Crippen LogP contribution is 2.22. The molecule has 0 aliphatic rings. The minimum Gasteiger partial charge on any atom is -0.370 e. The van der Waals surface area contributed by atoms with Crippen molar-refractivity contribution in [2.45, 2.75) is 46.0 Å². The number of alkyl halides is 3. The van der Waals surface area contributed by atoms with Crippen LogP contribution in [0.1, 0.15) is 25.2 Å². The lowest BCUT2D eigenvalue weighted by Crippen LogP contribution is -2.37. The van der Waals surface area contributed by atoms with Gasteiger partial charge in [-0.25, -0.2) is 0 Å². The van der Waals surface area contributed by atoms with Crippen molar-refractivity contribution in [1.29, 1.82) is 0 Å². The first kappa shape index (κ1) is 18.4. The van der Waals surface area contributed by atoms with E-state index >= 15 is 0 Å². The summed E-state index contributed by atoms with van der Waals surface area (Å²) in [6.07, 6.45) is -3.74. The van der Waals surface area contributed by atoms with Crippen LogP contribution in [-0.4, -0.2) is 41.8 Å². The fourth-order valence-corrected chi connectivity index (χ4v) is 2.54. The molecule has 0 bridgehead atoms. The van der Waals surface area contributed by atoms with Gasteiger partial charge in [-0.2, -0.15) is 18.3 Å². The van der Waals surface area contributed by atoms with Crippen LogP contribution in [0.5, 0.6) is 0 Å². The van der Waals surface area contributed by atoms with Crippen molar-refractivity contribution in [2.75, 3.05) is 19.8 Å². The molecule has 0 saturated heterocycles. The lowest BCUT2D eigenvalue weighted by molar-refractivity contribution is -0.175. The zero-order chi connectivity index (χ0) is 16.0. The molecular weight excluding hydrogens is 351 g/mol. The van der Waals surface area contributed by atoms with E-state index in [2.05, 4.69) is 26.3 Å². The van der Waals surface area contributed by atoms with Gasteiger partial charge in [-0.05, 0) is 36.3 Å². The number of halogens is 4. The predicted octanol–water partition coefficient (Wildman–Crippen LogP) is 3.07. The Balaban J connectivity index is 2.70. The lowest BCUT2D eigenvalue weighted by atomic mass is 10.1. The molecule has 0 saturated carbocycles. The summed E-state index contributed by atoms with van der Waals surface area (Å²) < 4.78 is 43.9. The lowest BCUT2D eigenvalue weighted by Gasteiger charge is -2.19. The number of likely N-dealkylation sites (N-methyl/N-ethyl adjacent to an activating group) is 1. The number of rotatable bonds is 8. The van der Waals surface area contributed by atoms with Crippen molar-refractivity contribution < 1.29 is 17.9 Å². The summed E-state index contributed by atoms with van der Waals surface area (Å²) in [5.74, 6) is 0. The highest BCUT2D eigenvalue weighted by molar-refractivity contribution is 9.10. The van der Waals surface area contributed by atoms with Gasteiger partial charge in [0.25, 0.3) is 0 Å². The number of aromatic nitrogens is 2. The van der Waals surface area contributed by atoms with E-state index in [4.69, 9.17) is 4.74 Å². The maximum absolute atomic E-state index is 12.1. The molecule has 21 heavy (non-hydrogen) atoms. The summed E-state index contributed by atoms with van der Waals surface area (Å²) >= 11 is 3.49. The van der Waals surface area contributed by atoms with E-state index in [1.54, 1.807) is 0 Å². The van der Waals surface area contributed by atoms with Crippen molar-refractivity contribution in [2.24, 2.45) is 0 Å². The second-order valence-corrected chi connectivity index (χ2v) is 5.54. The molecule has 1 atom stereocenters. The van der Waals surface area contributed by atoms with Crippen LogP contribution in [0.25, 0.3) is 0 Å². The van der Waals surface area contributed by atoms with E-state index in [0.29, 0.717) is 19.5 Å². The van der Waals surface area contributed by atoms with Gasteiger partial charge in [-0.1, -0.05) is 6.92 Å². The molecule has 0 spiro atoms. The number of hydrogen-bond acceptors (Lipinski definition) is 3. The van der Waals surface area contributed by atoms with Gasteiger partial charge in [0, 0.05) is 19.0 Å². The van der Waals surface area contributed by atoms with Gasteiger partial charge in [0.15, 0.2) is 0 Å². The molecule has 8 heteroatoms. The molecule has 4 nitrogen and oxygen atoms in total. The summed E-state index contributed by atoms with van der Waals surface area (Å²) in [6, 6.07) is -0.185. The van der Waals surface area contributed by atoms with Crippen LogP contribution < -0.4 is 5.32 Å². The highest BCUT2D eigenvalue weighted by atomic mass is 79.9. The van der Waals surface area contributed by atoms with Gasteiger partial charge < -0.3 is 10.1 Å². The van der Waals surface area contributed by atoms with E-state index in [1.807, 2.05) is 25.5 Å². The van der Waals surface area contributed by atoms with E-state index < -0.39 is 12.8 Å². The molecule has 0 aromatic carbocycles. The number of nitrogens with zero attached hydrogens (tertiary/aromatic N) is 2. The standard InChI is InChI=1S/C13H21BrF3N3O/c1-4-18-10(7-21-8-13(15,16)17)6-11-12(14)9(3)19-20(11)5-2/h10,18H,4-8H2,1-3H3. The molecule has 1 unspecified atom stereocenters. The van der Waals surface area contributed by atoms with Gasteiger partial charge >= 0.3 is 6.18 Å². The number of hydrogen-bond donors (Lipinski definition) is 1. The van der Waals surface area contributed by atoms with Crippen molar-refractivity contribution in [3.8, 4) is 0 Å². The second kappa shape index (κ2) is 8.14. The molecule has 1 heterocycles. The minimum absolute atomic E-state index is 0.00767. The Hall–Kier alpha value is -0.600. The summed E-state index contributed by atoms with van der Waals surface area (Å²) in [6.45, 7) is 5.94. The topological polar surface area (TPSA) is 39.1 Å². The quantitative estimate of drug-likeness (QED) is 0.763. The van der Waals surface area contributed by atoms with Gasteiger partial charge in [-0.15, -0.1) is 0 Å². The molecule has 122 valence electrons. The molecular formula is C13H21BrF3N3O. The average molecular weight is 372 g/mol. The molecule has 0 amide bonds. The van der Waals surface area contributed by atoms with E-state index in [9.17, 15) is 13.2 Å². The van der Waals surface area contributed by atoms with Gasteiger partial charge in [-0.3, -0.25) is 4.68 Å². The molecule has 0 aliphatic carbocycles. The SMILES string of the molecule is CCNC(COCC(F)(F)F)Cc1c(Br)c(C)nn1CC. The molecule has 0 aliphatic heterocycles. The maximum Gasteiger partial charge on any atom is 0.411 e. The average Bonchev–Trinajstić information content (AvgIpc) is 2.65. The van der Waals surface area contributed by atoms with Gasteiger partial charge in [0.2, 0.25) is 0 Å². The van der Waals surface area contributed by atoms with Crippen molar-refractivity contribution in [1.82, 2.24) is 15.1 Å². The smallest absolute Gasteiger partial charge is 0.370 e. The number of aryl methyl sites for hydroxylation is 2. The van der Waals surface area contributed by atoms with Gasteiger partial charge in [0.05, 0.1) is 22.5 Å². The summed E-state index contributed by atoms with van der Waals surface area (Å²) in [5.41, 5.74) is 1.84. The first-order chi connectivity index (χ1) is 9.78. The van der Waals surface area contributed by atoms with Crippen molar-refractivity contribution >= 4 is 15.9 Å². The van der Waals surface area contributed by atoms with E-state index in [1.165, 1.54) is 0 Å². The Morgan fingerprint density at radius 1 is 1.38 bits per heavy atom. The summed E-state index contributed by atoms with van der Waals surface area (Å²) in [7, 11) is 0. The van der Waals surface area contributed by atoms with Crippen LogP contribution in [0.2, 0.25) is 0 Å². The summed E-state index contributed by atoms with van der Waals surface area (Å²) in [5, 5.41) is 7.53. The van der Waals surface area contributed by atoms with E-state index in [0.717, 1.165) is 15.9 Å². The number of nitrogens with one attached hydrogen (secondary N) is 1. The van der Waals surface area contributed by atoms with Crippen LogP contribution in [0.4, 0.5) is 13.2 Å². The number of ether oxygens (including phenoxy) is 1. The van der Waals surface area contributed by atoms with Crippen LogP contribution in [0.15, 0.2) is 4.47 Å². The van der Waals surface area contributed by atoms with Gasteiger partial charge in [0.1, 0.15) is 6.61 Å². The summed E-state index contributed by atoms with van der Waals surface area (Å²) in [4.78, 5) is 0. The fourth-order valence-electron chi connectivity index (χ4n) is 2.09. The molecule has 0 radical (unpaired) electrons. The van der Waals surface area contributed by atoms with Crippen LogP contribution in [-0.2, 0) is 17.7 Å². The Labute approximate surface area is 131 Å². The highest BCUT2D eigenvalue weighted by Gasteiger charge is 2.28. The first-order valence-corrected chi connectivity index (χ1v) is 7.67. The van der Waals surface area contributed by atoms with Crippen molar-refractivity contribution in [3.63, 3.8) is 0 Å². The van der Waals surface area contributed by atoms with Crippen LogP contribution in [0, 0.1) is 6.92 Å². The first-order valence-electron chi connectivity index (χ1n) is 6.88. The Morgan fingerprint density at radius 3 is 2.57 bits per heavy atom. The third-order valence-electron chi connectivity index (χ3n) is 2.97. The molecule has 1 aromatic heterocycles.